The average molecular weight is 392 g/mol. The van der Waals surface area contributed by atoms with Gasteiger partial charge in [0.15, 0.2) is 0 Å². The Balaban J connectivity index is 1.58. The van der Waals surface area contributed by atoms with E-state index >= 15 is 0 Å². The summed E-state index contributed by atoms with van der Waals surface area (Å²) in [6.07, 6.45) is 6.70. The van der Waals surface area contributed by atoms with Gasteiger partial charge in [-0.2, -0.15) is 10.1 Å². The number of carbonyl (C=O) groups is 2. The Morgan fingerprint density at radius 3 is 2.19 bits per heavy atom. The van der Waals surface area contributed by atoms with Gasteiger partial charge < -0.3 is 0 Å². The summed E-state index contributed by atoms with van der Waals surface area (Å²) in [4.78, 5) is 24.8. The van der Waals surface area contributed by atoms with Crippen LogP contribution in [-0.4, -0.2) is 23.0 Å². The molecule has 1 saturated carbocycles. The largest absolute Gasteiger partial charge is 0.272 e. The molecule has 3 aliphatic rings. The summed E-state index contributed by atoms with van der Waals surface area (Å²) in [5, 5.41) is 5.23. The molecule has 0 aromatic heterocycles. The van der Waals surface area contributed by atoms with E-state index in [9.17, 15) is 9.59 Å². The first-order valence-electron chi connectivity index (χ1n) is 7.01. The summed E-state index contributed by atoms with van der Waals surface area (Å²) >= 11 is 2.23. The fraction of sp³-hybridized carbons (Fsp3) is 0.312. The Kier molecular flexibility index (Phi) is 2.99. The number of halogens is 1. The van der Waals surface area contributed by atoms with Crippen LogP contribution < -0.4 is 0 Å². The minimum absolute atomic E-state index is 0.136. The molecule has 1 saturated heterocycles. The molecule has 4 rings (SSSR count). The summed E-state index contributed by atoms with van der Waals surface area (Å²) in [5.74, 6) is -0.167. The van der Waals surface area contributed by atoms with E-state index in [0.29, 0.717) is 0 Å². The Morgan fingerprint density at radius 2 is 1.62 bits per heavy atom. The molecule has 1 aromatic carbocycles. The molecule has 0 spiro atoms. The van der Waals surface area contributed by atoms with Gasteiger partial charge in [-0.15, -0.1) is 0 Å². The van der Waals surface area contributed by atoms with Crippen LogP contribution in [0.5, 0.6) is 0 Å². The Bertz CT molecular complexity index is 650. The zero-order valence-corrected chi connectivity index (χ0v) is 13.3. The van der Waals surface area contributed by atoms with Gasteiger partial charge in [-0.1, -0.05) is 24.3 Å². The van der Waals surface area contributed by atoms with Crippen molar-refractivity contribution in [2.45, 2.75) is 6.42 Å². The van der Waals surface area contributed by atoms with Crippen molar-refractivity contribution in [1.29, 1.82) is 0 Å². The molecule has 1 aromatic rings. The van der Waals surface area contributed by atoms with Gasteiger partial charge in [-0.05, 0) is 58.5 Å². The third kappa shape index (κ3) is 1.97. The molecule has 0 radical (unpaired) electrons. The summed E-state index contributed by atoms with van der Waals surface area (Å²) in [7, 11) is 0. The highest BCUT2D eigenvalue weighted by Gasteiger charge is 2.59. The average Bonchev–Trinajstić information content (AvgIpc) is 3.14. The highest BCUT2D eigenvalue weighted by atomic mass is 127. The smallest absolute Gasteiger partial charge is 0.254 e. The Morgan fingerprint density at radius 1 is 1.05 bits per heavy atom. The van der Waals surface area contributed by atoms with Crippen LogP contribution in [0.25, 0.3) is 0 Å². The summed E-state index contributed by atoms with van der Waals surface area (Å²) in [6.45, 7) is 0. The van der Waals surface area contributed by atoms with E-state index in [1.54, 1.807) is 6.21 Å². The number of amides is 2. The zero-order chi connectivity index (χ0) is 14.6. The van der Waals surface area contributed by atoms with Crippen LogP contribution in [0.1, 0.15) is 12.0 Å². The van der Waals surface area contributed by atoms with Crippen LogP contribution in [0, 0.1) is 27.2 Å². The summed E-state index contributed by atoms with van der Waals surface area (Å²) < 4.78 is 1.13. The Hall–Kier alpha value is -1.50. The predicted molar refractivity (Wildman–Crippen MR) is 86.3 cm³/mol. The van der Waals surface area contributed by atoms with Crippen LogP contribution in [0.3, 0.4) is 0 Å². The quantitative estimate of drug-likeness (QED) is 0.336. The highest BCUT2D eigenvalue weighted by Crippen LogP contribution is 2.52. The molecule has 1 heterocycles. The SMILES string of the molecule is O=C1[C@H]2[C@H](C(=O)N1/N=C\c1ccc(I)cc1)[C@H]1C=C[C@H]2C1. The lowest BCUT2D eigenvalue weighted by atomic mass is 9.85. The molecule has 21 heavy (non-hydrogen) atoms. The molecule has 2 amide bonds. The van der Waals surface area contributed by atoms with Crippen LogP contribution in [0.4, 0.5) is 0 Å². The first-order chi connectivity index (χ1) is 10.1. The number of nitrogens with zero attached hydrogens (tertiary/aromatic N) is 2. The van der Waals surface area contributed by atoms with Crippen LogP contribution >= 0.6 is 22.6 Å². The standard InChI is InChI=1S/C16H13IN2O2/c17-12-5-1-9(2-6-12)8-18-19-15(20)13-10-3-4-11(7-10)14(13)16(19)21/h1-6,8,10-11,13-14H,7H2/b18-8-/t10-,11-,13+,14+/m0/s1. The van der Waals surface area contributed by atoms with E-state index < -0.39 is 0 Å². The van der Waals surface area contributed by atoms with Crippen molar-refractivity contribution in [3.05, 3.63) is 45.6 Å². The topological polar surface area (TPSA) is 49.7 Å². The normalized spacial score (nSPS) is 33.5. The van der Waals surface area contributed by atoms with Gasteiger partial charge in [0.2, 0.25) is 0 Å². The molecular formula is C16H13IN2O2. The minimum atomic E-state index is -0.179. The second-order valence-electron chi connectivity index (χ2n) is 5.78. The first kappa shape index (κ1) is 13.2. The lowest BCUT2D eigenvalue weighted by Crippen LogP contribution is -2.28. The first-order valence-corrected chi connectivity index (χ1v) is 8.09. The lowest BCUT2D eigenvalue weighted by Gasteiger charge is -2.13. The molecule has 5 heteroatoms. The number of rotatable bonds is 2. The van der Waals surface area contributed by atoms with Gasteiger partial charge >= 0.3 is 0 Å². The summed E-state index contributed by atoms with van der Waals surface area (Å²) in [5.41, 5.74) is 0.883. The van der Waals surface area contributed by atoms with Gasteiger partial charge in [-0.3, -0.25) is 9.59 Å². The predicted octanol–water partition coefficient (Wildman–Crippen LogP) is 2.43. The second kappa shape index (κ2) is 4.76. The van der Waals surface area contributed by atoms with Crippen LogP contribution in [0.2, 0.25) is 0 Å². The molecular weight excluding hydrogens is 379 g/mol. The Labute approximate surface area is 136 Å². The van der Waals surface area contributed by atoms with Crippen molar-refractivity contribution < 1.29 is 9.59 Å². The number of hydrazone groups is 1. The van der Waals surface area contributed by atoms with E-state index in [1.165, 1.54) is 0 Å². The van der Waals surface area contributed by atoms with E-state index in [4.69, 9.17) is 0 Å². The van der Waals surface area contributed by atoms with Crippen molar-refractivity contribution in [3.8, 4) is 0 Å². The van der Waals surface area contributed by atoms with Crippen molar-refractivity contribution in [2.24, 2.45) is 28.8 Å². The molecule has 2 fully saturated rings. The fourth-order valence-corrected chi connectivity index (χ4v) is 4.03. The van der Waals surface area contributed by atoms with E-state index in [1.807, 2.05) is 24.3 Å². The second-order valence-corrected chi connectivity index (χ2v) is 7.03. The molecule has 0 N–H and O–H groups in total. The number of allylic oxidation sites excluding steroid dienone is 2. The number of imide groups is 1. The highest BCUT2D eigenvalue weighted by molar-refractivity contribution is 14.1. The molecule has 2 aliphatic carbocycles. The number of hydrogen-bond donors (Lipinski definition) is 0. The molecule has 2 bridgehead atoms. The lowest BCUT2D eigenvalue weighted by molar-refractivity contribution is -0.140. The molecule has 0 unspecified atom stereocenters. The monoisotopic (exact) mass is 392 g/mol. The van der Waals surface area contributed by atoms with Crippen molar-refractivity contribution in [1.82, 2.24) is 5.01 Å². The maximum Gasteiger partial charge on any atom is 0.254 e. The summed E-state index contributed by atoms with van der Waals surface area (Å²) in [6, 6.07) is 7.77. The van der Waals surface area contributed by atoms with Crippen LogP contribution in [-0.2, 0) is 9.59 Å². The molecule has 1 aliphatic heterocycles. The molecule has 4 atom stereocenters. The molecule has 106 valence electrons. The van der Waals surface area contributed by atoms with Gasteiger partial charge in [0.1, 0.15) is 0 Å². The van der Waals surface area contributed by atoms with Gasteiger partial charge in [0, 0.05) is 3.57 Å². The maximum absolute atomic E-state index is 12.4. The van der Waals surface area contributed by atoms with Gasteiger partial charge in [0.05, 0.1) is 18.1 Å². The van der Waals surface area contributed by atoms with Gasteiger partial charge in [0.25, 0.3) is 11.8 Å². The third-order valence-electron chi connectivity index (χ3n) is 4.64. The number of hydrogen-bond acceptors (Lipinski definition) is 3. The van der Waals surface area contributed by atoms with E-state index in [0.717, 1.165) is 20.6 Å². The van der Waals surface area contributed by atoms with E-state index in [2.05, 4.69) is 39.8 Å². The number of fused-ring (bicyclic) bond motifs is 5. The minimum Gasteiger partial charge on any atom is -0.272 e. The van der Waals surface area contributed by atoms with E-state index in [-0.39, 0.29) is 35.5 Å². The number of carbonyl (C=O) groups excluding carboxylic acids is 2. The number of benzene rings is 1. The third-order valence-corrected chi connectivity index (χ3v) is 5.36. The maximum atomic E-state index is 12.4. The van der Waals surface area contributed by atoms with Crippen LogP contribution in [0.15, 0.2) is 41.5 Å². The fourth-order valence-electron chi connectivity index (χ4n) is 3.67. The zero-order valence-electron chi connectivity index (χ0n) is 11.1. The van der Waals surface area contributed by atoms with Crippen molar-refractivity contribution in [2.75, 3.05) is 0 Å². The van der Waals surface area contributed by atoms with Crippen molar-refractivity contribution >= 4 is 40.6 Å². The van der Waals surface area contributed by atoms with Crippen molar-refractivity contribution in [3.63, 3.8) is 0 Å². The van der Waals surface area contributed by atoms with Gasteiger partial charge in [-0.25, -0.2) is 0 Å². The molecule has 4 nitrogen and oxygen atoms in total.